The van der Waals surface area contributed by atoms with Gasteiger partial charge in [0.25, 0.3) is 0 Å². The number of Topliss-reactive ketones (excluding diaryl/α,β-unsaturated/α-hetero) is 1. The summed E-state index contributed by atoms with van der Waals surface area (Å²) in [4.78, 5) is 24.6. The van der Waals surface area contributed by atoms with Crippen LogP contribution in [0.3, 0.4) is 0 Å². The highest BCUT2D eigenvalue weighted by atomic mass is 127. The van der Waals surface area contributed by atoms with Gasteiger partial charge in [-0.05, 0) is 31.6 Å². The van der Waals surface area contributed by atoms with E-state index < -0.39 is 5.41 Å². The Kier molecular flexibility index (Phi) is 6.31. The van der Waals surface area contributed by atoms with Crippen molar-refractivity contribution in [3.05, 3.63) is 0 Å². The Morgan fingerprint density at radius 3 is 2.50 bits per heavy atom. The molecule has 0 saturated heterocycles. The Bertz CT molecular complexity index is 215. The molecule has 82 valence electrons. The normalized spacial score (nSPS) is 25.3. The molecule has 1 aliphatic rings. The van der Waals surface area contributed by atoms with Crippen LogP contribution in [-0.2, 0) is 14.3 Å². The van der Waals surface area contributed by atoms with Crippen LogP contribution in [0.5, 0.6) is 0 Å². The molecule has 14 heavy (non-hydrogen) atoms. The minimum Gasteiger partial charge on any atom is -0.465 e. The smallest absolute Gasteiger partial charge is 0.319 e. The molecular formula is C10H17IO3. The van der Waals surface area contributed by atoms with Crippen LogP contribution in [0.15, 0.2) is 0 Å². The minimum absolute atomic E-state index is 0.0287. The van der Waals surface area contributed by atoms with E-state index in [0.717, 1.165) is 6.42 Å². The summed E-state index contributed by atoms with van der Waals surface area (Å²) >= 11 is 2.15. The average Bonchev–Trinajstić information content (AvgIpc) is 2.52. The van der Waals surface area contributed by atoms with Crippen molar-refractivity contribution in [1.82, 2.24) is 0 Å². The zero-order valence-electron chi connectivity index (χ0n) is 8.93. The Hall–Kier alpha value is -0.130. The summed E-state index contributed by atoms with van der Waals surface area (Å²) in [6, 6.07) is 0. The van der Waals surface area contributed by atoms with Gasteiger partial charge in [0, 0.05) is 6.42 Å². The molecule has 0 radical (unpaired) electrons. The van der Waals surface area contributed by atoms with Crippen LogP contribution < -0.4 is 0 Å². The van der Waals surface area contributed by atoms with E-state index in [9.17, 15) is 9.59 Å². The van der Waals surface area contributed by atoms with Gasteiger partial charge in [0.05, 0.1) is 6.61 Å². The topological polar surface area (TPSA) is 43.4 Å². The van der Waals surface area contributed by atoms with E-state index in [-0.39, 0.29) is 11.8 Å². The number of halogens is 1. The van der Waals surface area contributed by atoms with Gasteiger partial charge in [0.1, 0.15) is 11.2 Å². The molecule has 0 aliphatic heterocycles. The maximum absolute atomic E-state index is 11.3. The zero-order valence-corrected chi connectivity index (χ0v) is 11.1. The van der Waals surface area contributed by atoms with Crippen molar-refractivity contribution >= 4 is 34.3 Å². The SMILES string of the molecule is CCOC(=O)C1(C)CCCC1=O.CI. The van der Waals surface area contributed by atoms with Crippen LogP contribution in [0.1, 0.15) is 33.1 Å². The first-order chi connectivity index (χ1) is 6.61. The van der Waals surface area contributed by atoms with Gasteiger partial charge in [-0.25, -0.2) is 0 Å². The second-order valence-electron chi connectivity index (χ2n) is 3.33. The van der Waals surface area contributed by atoms with E-state index >= 15 is 0 Å². The van der Waals surface area contributed by atoms with E-state index in [2.05, 4.69) is 22.6 Å². The number of alkyl halides is 1. The molecule has 1 fully saturated rings. The van der Waals surface area contributed by atoms with Crippen molar-refractivity contribution in [3.8, 4) is 0 Å². The van der Waals surface area contributed by atoms with Crippen molar-refractivity contribution < 1.29 is 14.3 Å². The molecule has 0 N–H and O–H groups in total. The van der Waals surface area contributed by atoms with Crippen molar-refractivity contribution in [3.63, 3.8) is 0 Å². The fourth-order valence-corrected chi connectivity index (χ4v) is 1.52. The first-order valence-electron chi connectivity index (χ1n) is 4.69. The Morgan fingerprint density at radius 1 is 1.57 bits per heavy atom. The van der Waals surface area contributed by atoms with Crippen LogP contribution in [0.4, 0.5) is 0 Å². The molecule has 1 unspecified atom stereocenters. The van der Waals surface area contributed by atoms with Crippen molar-refractivity contribution in [2.75, 3.05) is 11.5 Å². The van der Waals surface area contributed by atoms with E-state index in [1.54, 1.807) is 13.8 Å². The highest BCUT2D eigenvalue weighted by Crippen LogP contribution is 2.35. The van der Waals surface area contributed by atoms with Crippen LogP contribution in [-0.4, -0.2) is 23.3 Å². The summed E-state index contributed by atoms with van der Waals surface area (Å²) < 4.78 is 4.84. The quantitative estimate of drug-likeness (QED) is 0.340. The first kappa shape index (κ1) is 13.9. The largest absolute Gasteiger partial charge is 0.465 e. The number of rotatable bonds is 2. The summed E-state index contributed by atoms with van der Waals surface area (Å²) in [6.45, 7) is 3.78. The highest BCUT2D eigenvalue weighted by Gasteiger charge is 2.45. The summed E-state index contributed by atoms with van der Waals surface area (Å²) in [5.41, 5.74) is -0.837. The van der Waals surface area contributed by atoms with Gasteiger partial charge in [-0.2, -0.15) is 0 Å². The zero-order chi connectivity index (χ0) is 11.2. The minimum atomic E-state index is -0.837. The van der Waals surface area contributed by atoms with Gasteiger partial charge in [0.2, 0.25) is 0 Å². The molecule has 0 spiro atoms. The van der Waals surface area contributed by atoms with Gasteiger partial charge < -0.3 is 4.74 Å². The molecule has 3 nitrogen and oxygen atoms in total. The predicted molar refractivity (Wildman–Crippen MR) is 63.5 cm³/mol. The van der Waals surface area contributed by atoms with Gasteiger partial charge in [-0.1, -0.05) is 22.6 Å². The van der Waals surface area contributed by atoms with Crippen LogP contribution in [0.25, 0.3) is 0 Å². The monoisotopic (exact) mass is 312 g/mol. The lowest BCUT2D eigenvalue weighted by atomic mass is 9.88. The number of ether oxygens (including phenoxy) is 1. The summed E-state index contributed by atoms with van der Waals surface area (Å²) in [7, 11) is 0. The molecule has 0 amide bonds. The number of esters is 1. The first-order valence-corrected chi connectivity index (χ1v) is 6.85. The molecule has 0 aromatic rings. The molecule has 1 rings (SSSR count). The number of hydrogen-bond donors (Lipinski definition) is 0. The second-order valence-corrected chi connectivity index (χ2v) is 3.33. The summed E-state index contributed by atoms with van der Waals surface area (Å²) in [5, 5.41) is 0. The van der Waals surface area contributed by atoms with E-state index in [4.69, 9.17) is 4.74 Å². The van der Waals surface area contributed by atoms with E-state index in [1.165, 1.54) is 0 Å². The molecule has 1 saturated carbocycles. The molecule has 0 aromatic heterocycles. The van der Waals surface area contributed by atoms with E-state index in [0.29, 0.717) is 19.4 Å². The number of hydrogen-bond acceptors (Lipinski definition) is 3. The number of carbonyl (C=O) groups is 2. The lowest BCUT2D eigenvalue weighted by Gasteiger charge is -2.18. The maximum atomic E-state index is 11.3. The average molecular weight is 312 g/mol. The van der Waals surface area contributed by atoms with Gasteiger partial charge in [0.15, 0.2) is 0 Å². The summed E-state index contributed by atoms with van der Waals surface area (Å²) in [5.74, 6) is -0.326. The van der Waals surface area contributed by atoms with Crippen LogP contribution in [0, 0.1) is 5.41 Å². The Morgan fingerprint density at radius 2 is 2.14 bits per heavy atom. The second kappa shape index (κ2) is 6.37. The van der Waals surface area contributed by atoms with Gasteiger partial charge in [-0.15, -0.1) is 0 Å². The molecular weight excluding hydrogens is 295 g/mol. The fourth-order valence-electron chi connectivity index (χ4n) is 1.52. The van der Waals surface area contributed by atoms with Crippen molar-refractivity contribution in [1.29, 1.82) is 0 Å². The van der Waals surface area contributed by atoms with Gasteiger partial charge >= 0.3 is 5.97 Å². The Labute approximate surface area is 98.7 Å². The third-order valence-corrected chi connectivity index (χ3v) is 2.42. The number of ketones is 1. The molecule has 0 bridgehead atoms. The van der Waals surface area contributed by atoms with E-state index in [1.807, 2.05) is 4.93 Å². The third kappa shape index (κ3) is 2.93. The number of carbonyl (C=O) groups excluding carboxylic acids is 2. The third-order valence-electron chi connectivity index (χ3n) is 2.42. The molecule has 1 aliphatic carbocycles. The highest BCUT2D eigenvalue weighted by molar-refractivity contribution is 14.1. The standard InChI is InChI=1S/C9H14O3.CH3I/c1-3-12-8(11)9(2)6-4-5-7(9)10;1-2/h3-6H2,1-2H3;1H3. The fraction of sp³-hybridized carbons (Fsp3) is 0.800. The molecule has 1 atom stereocenters. The van der Waals surface area contributed by atoms with Crippen LogP contribution in [0.2, 0.25) is 0 Å². The lowest BCUT2D eigenvalue weighted by Crippen LogP contribution is -2.33. The molecule has 0 heterocycles. The predicted octanol–water partition coefficient (Wildman–Crippen LogP) is 2.36. The lowest BCUT2D eigenvalue weighted by molar-refractivity contribution is -0.157. The van der Waals surface area contributed by atoms with Crippen molar-refractivity contribution in [2.45, 2.75) is 33.1 Å². The van der Waals surface area contributed by atoms with Crippen molar-refractivity contribution in [2.24, 2.45) is 5.41 Å². The molecule has 0 aromatic carbocycles. The van der Waals surface area contributed by atoms with Crippen LogP contribution >= 0.6 is 22.6 Å². The van der Waals surface area contributed by atoms with Gasteiger partial charge in [-0.3, -0.25) is 9.59 Å². The maximum Gasteiger partial charge on any atom is 0.319 e. The molecule has 4 heteroatoms. The Balaban J connectivity index is 0.000000791. The summed E-state index contributed by atoms with van der Waals surface area (Å²) in [6.07, 6.45) is 1.98.